The topological polar surface area (TPSA) is 37.6 Å². The Bertz CT molecular complexity index is 1560. The van der Waals surface area contributed by atoms with Crippen molar-refractivity contribution in [2.45, 2.75) is 34.6 Å². The number of rotatable bonds is 4. The van der Waals surface area contributed by atoms with Crippen molar-refractivity contribution in [2.24, 2.45) is 9.98 Å². The van der Waals surface area contributed by atoms with Crippen molar-refractivity contribution in [3.8, 4) is 0 Å². The number of hydrogen-bond donors (Lipinski definition) is 0. The van der Waals surface area contributed by atoms with Gasteiger partial charge in [-0.2, -0.15) is 0 Å². The van der Waals surface area contributed by atoms with Gasteiger partial charge in [0, 0.05) is 10.8 Å². The van der Waals surface area contributed by atoms with Gasteiger partial charge in [0.05, 0.1) is 34.2 Å². The van der Waals surface area contributed by atoms with E-state index in [4.69, 9.17) is 15.0 Å². The molecule has 0 aliphatic carbocycles. The molecule has 1 heterocycles. The molecule has 4 aromatic carbocycles. The molecular formula is C32H29N3. The zero-order valence-electron chi connectivity index (χ0n) is 20.9. The molecule has 0 fully saturated rings. The zero-order valence-corrected chi connectivity index (χ0v) is 20.9. The van der Waals surface area contributed by atoms with Crippen LogP contribution < -0.4 is 0 Å². The summed E-state index contributed by atoms with van der Waals surface area (Å²) in [6, 6.07) is 29.5. The number of fused-ring (bicyclic) bond motifs is 2. The fourth-order valence-corrected chi connectivity index (χ4v) is 4.75. The zero-order chi connectivity index (χ0) is 24.5. The summed E-state index contributed by atoms with van der Waals surface area (Å²) in [6.07, 6.45) is 0. The van der Waals surface area contributed by atoms with Crippen molar-refractivity contribution in [3.05, 3.63) is 113 Å². The first-order valence-electron chi connectivity index (χ1n) is 12.0. The van der Waals surface area contributed by atoms with Crippen LogP contribution in [0, 0.1) is 20.8 Å². The Kier molecular flexibility index (Phi) is 6.00. The van der Waals surface area contributed by atoms with Crippen LogP contribution in [0.5, 0.6) is 0 Å². The van der Waals surface area contributed by atoms with Crippen LogP contribution in [0.4, 0.5) is 11.4 Å². The molecule has 3 heteroatoms. The molecule has 0 radical (unpaired) electrons. The van der Waals surface area contributed by atoms with Gasteiger partial charge in [0.2, 0.25) is 0 Å². The Morgan fingerprint density at radius 1 is 0.571 bits per heavy atom. The molecule has 172 valence electrons. The van der Waals surface area contributed by atoms with E-state index in [2.05, 4.69) is 87.5 Å². The third-order valence-electron chi connectivity index (χ3n) is 6.43. The Morgan fingerprint density at radius 3 is 1.60 bits per heavy atom. The van der Waals surface area contributed by atoms with Gasteiger partial charge in [-0.15, -0.1) is 0 Å². The largest absolute Gasteiger partial charge is 0.251 e. The highest BCUT2D eigenvalue weighted by Crippen LogP contribution is 2.35. The summed E-state index contributed by atoms with van der Waals surface area (Å²) >= 11 is 0. The Balaban J connectivity index is 1.59. The van der Waals surface area contributed by atoms with E-state index in [-0.39, 0.29) is 0 Å². The van der Waals surface area contributed by atoms with E-state index in [0.29, 0.717) is 0 Å². The Hall–Kier alpha value is -4.11. The minimum atomic E-state index is 0.853. The fourth-order valence-electron chi connectivity index (χ4n) is 4.75. The van der Waals surface area contributed by atoms with Gasteiger partial charge in [0.25, 0.3) is 0 Å². The summed E-state index contributed by atoms with van der Waals surface area (Å²) in [5.41, 5.74) is 9.11. The molecule has 5 rings (SSSR count). The second-order valence-corrected chi connectivity index (χ2v) is 9.22. The van der Waals surface area contributed by atoms with Crippen LogP contribution in [0.2, 0.25) is 0 Å². The Labute approximate surface area is 206 Å². The number of aliphatic imine (C=N–C) groups is 2. The van der Waals surface area contributed by atoms with Crippen molar-refractivity contribution >= 4 is 44.3 Å². The molecule has 0 saturated carbocycles. The molecule has 3 nitrogen and oxygen atoms in total. The highest BCUT2D eigenvalue weighted by Gasteiger charge is 2.10. The molecule has 0 aliphatic rings. The van der Waals surface area contributed by atoms with Crippen molar-refractivity contribution < 1.29 is 0 Å². The Morgan fingerprint density at radius 2 is 1.06 bits per heavy atom. The van der Waals surface area contributed by atoms with E-state index in [1.165, 1.54) is 27.5 Å². The average Bonchev–Trinajstić information content (AvgIpc) is 2.86. The van der Waals surface area contributed by atoms with E-state index in [9.17, 15) is 0 Å². The lowest BCUT2D eigenvalue weighted by Crippen LogP contribution is -2.05. The molecule has 0 atom stereocenters. The first-order valence-corrected chi connectivity index (χ1v) is 12.0. The minimum absolute atomic E-state index is 0.853. The molecule has 0 unspecified atom stereocenters. The first kappa shape index (κ1) is 22.7. The van der Waals surface area contributed by atoms with Gasteiger partial charge >= 0.3 is 0 Å². The predicted octanol–water partition coefficient (Wildman–Crippen LogP) is 8.59. The summed E-state index contributed by atoms with van der Waals surface area (Å²) < 4.78 is 0. The molecule has 0 aliphatic heterocycles. The van der Waals surface area contributed by atoms with Gasteiger partial charge in [-0.3, -0.25) is 9.98 Å². The molecule has 0 spiro atoms. The van der Waals surface area contributed by atoms with Crippen molar-refractivity contribution in [2.75, 3.05) is 0 Å². The van der Waals surface area contributed by atoms with Crippen LogP contribution in [-0.2, 0) is 0 Å². The standard InChI is InChI=1S/C32H29N3/c1-20-17-21(2)31(22(3)18-20)33-23(4)29-15-10-16-30(35-29)24(5)34-32-27-13-8-6-11-25(27)19-26-12-7-9-14-28(26)32/h6-19H,1-5H3. The highest BCUT2D eigenvalue weighted by atomic mass is 14.8. The molecule has 1 aromatic heterocycles. The van der Waals surface area contributed by atoms with E-state index < -0.39 is 0 Å². The minimum Gasteiger partial charge on any atom is -0.251 e. The predicted molar refractivity (Wildman–Crippen MR) is 150 cm³/mol. The molecule has 0 bridgehead atoms. The molecule has 0 saturated heterocycles. The van der Waals surface area contributed by atoms with Crippen molar-refractivity contribution in [1.82, 2.24) is 4.98 Å². The number of benzene rings is 4. The number of hydrogen-bond acceptors (Lipinski definition) is 3. The lowest BCUT2D eigenvalue weighted by Gasteiger charge is -2.10. The smallest absolute Gasteiger partial charge is 0.0849 e. The summed E-state index contributed by atoms with van der Waals surface area (Å²) in [4.78, 5) is 15.0. The van der Waals surface area contributed by atoms with Crippen LogP contribution in [0.3, 0.4) is 0 Å². The summed E-state index contributed by atoms with van der Waals surface area (Å²) in [6.45, 7) is 10.4. The quantitative estimate of drug-likeness (QED) is 0.197. The average molecular weight is 456 g/mol. The van der Waals surface area contributed by atoms with E-state index in [1.807, 2.05) is 32.0 Å². The SMILES string of the molecule is CC(=Nc1c(C)cc(C)cc1C)c1cccc(C(C)=Nc2c3ccccc3cc3ccccc23)n1. The lowest BCUT2D eigenvalue weighted by atomic mass is 10.0. The summed E-state index contributed by atoms with van der Waals surface area (Å²) in [7, 11) is 0. The fraction of sp³-hybridized carbons (Fsp3) is 0.156. The van der Waals surface area contributed by atoms with Crippen LogP contribution in [0.1, 0.15) is 41.9 Å². The molecule has 35 heavy (non-hydrogen) atoms. The first-order chi connectivity index (χ1) is 16.9. The number of aryl methyl sites for hydroxylation is 3. The number of pyridine rings is 1. The molecule has 0 amide bonds. The van der Waals surface area contributed by atoms with E-state index >= 15 is 0 Å². The van der Waals surface area contributed by atoms with E-state index in [0.717, 1.165) is 45.0 Å². The van der Waals surface area contributed by atoms with Gasteiger partial charge in [0.1, 0.15) is 0 Å². The second-order valence-electron chi connectivity index (χ2n) is 9.22. The third kappa shape index (κ3) is 4.50. The van der Waals surface area contributed by atoms with Crippen LogP contribution in [0.15, 0.2) is 94.9 Å². The molecular weight excluding hydrogens is 426 g/mol. The van der Waals surface area contributed by atoms with Gasteiger partial charge < -0.3 is 0 Å². The van der Waals surface area contributed by atoms with Crippen LogP contribution >= 0.6 is 0 Å². The van der Waals surface area contributed by atoms with Crippen LogP contribution in [0.25, 0.3) is 21.5 Å². The van der Waals surface area contributed by atoms with Crippen molar-refractivity contribution in [3.63, 3.8) is 0 Å². The summed E-state index contributed by atoms with van der Waals surface area (Å²) in [5, 5.41) is 4.66. The summed E-state index contributed by atoms with van der Waals surface area (Å²) in [5.74, 6) is 0. The monoisotopic (exact) mass is 455 g/mol. The highest BCUT2D eigenvalue weighted by molar-refractivity contribution is 6.12. The number of nitrogens with zero attached hydrogens (tertiary/aromatic N) is 3. The third-order valence-corrected chi connectivity index (χ3v) is 6.43. The number of aromatic nitrogens is 1. The maximum Gasteiger partial charge on any atom is 0.0849 e. The maximum atomic E-state index is 5.12. The van der Waals surface area contributed by atoms with Gasteiger partial charge in [-0.1, -0.05) is 72.3 Å². The van der Waals surface area contributed by atoms with Gasteiger partial charge in [0.15, 0.2) is 0 Å². The maximum absolute atomic E-state index is 5.12. The van der Waals surface area contributed by atoms with Crippen molar-refractivity contribution in [1.29, 1.82) is 0 Å². The molecule has 5 aromatic rings. The second kappa shape index (κ2) is 9.27. The van der Waals surface area contributed by atoms with Crippen LogP contribution in [-0.4, -0.2) is 16.4 Å². The van der Waals surface area contributed by atoms with Gasteiger partial charge in [-0.05, 0) is 74.7 Å². The molecule has 0 N–H and O–H groups in total. The van der Waals surface area contributed by atoms with Gasteiger partial charge in [-0.25, -0.2) is 4.98 Å². The normalized spacial score (nSPS) is 12.5. The lowest BCUT2D eigenvalue weighted by molar-refractivity contribution is 1.23. The van der Waals surface area contributed by atoms with E-state index in [1.54, 1.807) is 0 Å².